The topological polar surface area (TPSA) is 85.8 Å². The number of fused-ring (bicyclic) bond motifs is 4. The van der Waals surface area contributed by atoms with Crippen LogP contribution in [0.2, 0.25) is 0 Å². The van der Waals surface area contributed by atoms with Crippen molar-refractivity contribution in [3.05, 3.63) is 35.2 Å². The maximum atomic E-state index is 12.7. The van der Waals surface area contributed by atoms with Gasteiger partial charge in [-0.15, -0.1) is 0 Å². The van der Waals surface area contributed by atoms with E-state index in [9.17, 15) is 35.2 Å². The summed E-state index contributed by atoms with van der Waals surface area (Å²) in [7, 11) is -4.64. The molecule has 0 saturated carbocycles. The van der Waals surface area contributed by atoms with Gasteiger partial charge in [-0.2, -0.15) is 30.4 Å². The number of hydrogen-bond donors (Lipinski definition) is 0. The summed E-state index contributed by atoms with van der Waals surface area (Å²) in [5.41, 5.74) is -6.07. The van der Waals surface area contributed by atoms with E-state index in [4.69, 9.17) is 0 Å². The largest absolute Gasteiger partial charge is 0.534 e. The van der Waals surface area contributed by atoms with Crippen LogP contribution < -0.4 is 4.74 Å². The normalized spacial score (nSPS) is 22.4. The van der Waals surface area contributed by atoms with Crippen LogP contribution in [0.5, 0.6) is 5.88 Å². The van der Waals surface area contributed by atoms with E-state index in [1.165, 1.54) is 13.1 Å². The second kappa shape index (κ2) is 6.32. The third-order valence-corrected chi connectivity index (χ3v) is 5.20. The molecule has 1 amide bonds. The highest BCUT2D eigenvalue weighted by atomic mass is 32.2. The zero-order valence-electron chi connectivity index (χ0n) is 13.4. The predicted molar refractivity (Wildman–Crippen MR) is 78.3 cm³/mol. The zero-order chi connectivity index (χ0) is 20.1. The fourth-order valence-corrected chi connectivity index (χ4v) is 3.54. The maximum Gasteiger partial charge on any atom is 0.534 e. The second-order valence-corrected chi connectivity index (χ2v) is 7.32. The lowest BCUT2D eigenvalue weighted by Gasteiger charge is -2.23. The Morgan fingerprint density at radius 3 is 2.59 bits per heavy atom. The summed E-state index contributed by atoms with van der Waals surface area (Å²) < 4.78 is 94.6. The number of amides is 1. The first-order valence-electron chi connectivity index (χ1n) is 7.35. The van der Waals surface area contributed by atoms with Crippen LogP contribution in [0.4, 0.5) is 22.0 Å². The summed E-state index contributed by atoms with van der Waals surface area (Å²) in [5, 5.41) is 0. The highest BCUT2D eigenvalue weighted by Gasteiger charge is 2.51. The van der Waals surface area contributed by atoms with Crippen molar-refractivity contribution in [2.45, 2.75) is 30.5 Å². The number of pyridine rings is 1. The van der Waals surface area contributed by atoms with E-state index in [-0.39, 0.29) is 17.5 Å². The monoisotopic (exact) mass is 414 g/mol. The van der Waals surface area contributed by atoms with E-state index in [2.05, 4.69) is 13.9 Å². The maximum absolute atomic E-state index is 12.7. The summed E-state index contributed by atoms with van der Waals surface area (Å²) in [5.74, 6) is -3.16. The minimum Gasteiger partial charge on any atom is -0.417 e. The molecule has 2 bridgehead atoms. The minimum atomic E-state index is -5.98. The molecule has 0 N–H and O–H groups in total. The summed E-state index contributed by atoms with van der Waals surface area (Å²) in [4.78, 5) is 17.2. The van der Waals surface area contributed by atoms with Gasteiger partial charge in [-0.05, 0) is 18.6 Å². The molecule has 1 aromatic rings. The van der Waals surface area contributed by atoms with Crippen molar-refractivity contribution in [1.29, 1.82) is 0 Å². The van der Waals surface area contributed by atoms with Gasteiger partial charge in [-0.25, -0.2) is 4.98 Å². The van der Waals surface area contributed by atoms with E-state index < -0.39 is 51.7 Å². The number of carbonyl (C=O) groups is 1. The zero-order valence-corrected chi connectivity index (χ0v) is 14.2. The van der Waals surface area contributed by atoms with Crippen molar-refractivity contribution in [1.82, 2.24) is 9.88 Å². The van der Waals surface area contributed by atoms with Crippen molar-refractivity contribution < 1.29 is 44.1 Å². The molecule has 0 spiro atoms. The smallest absolute Gasteiger partial charge is 0.417 e. The van der Waals surface area contributed by atoms with Gasteiger partial charge in [0, 0.05) is 18.8 Å². The van der Waals surface area contributed by atoms with Crippen molar-refractivity contribution in [3.8, 4) is 5.88 Å². The lowest BCUT2D eigenvalue weighted by atomic mass is 9.94. The number of ether oxygens (including phenoxy) is 1. The summed E-state index contributed by atoms with van der Waals surface area (Å²) in [6.07, 6.45) is 1.98. The lowest BCUT2D eigenvalue weighted by Crippen LogP contribution is -2.34. The van der Waals surface area contributed by atoms with E-state index in [1.807, 2.05) is 0 Å². The molecule has 1 aliphatic carbocycles. The van der Waals surface area contributed by atoms with Crippen LogP contribution in [0.25, 0.3) is 0 Å². The molecule has 0 fully saturated rings. The molecule has 0 saturated heterocycles. The van der Waals surface area contributed by atoms with Crippen LogP contribution in [-0.2, 0) is 14.3 Å². The summed E-state index contributed by atoms with van der Waals surface area (Å²) >= 11 is 0. The van der Waals surface area contributed by atoms with Crippen molar-refractivity contribution in [2.75, 3.05) is 7.05 Å². The molecule has 2 atom stereocenters. The number of rotatable bonds is 4. The first-order chi connectivity index (χ1) is 12.4. The average Bonchev–Trinajstić information content (AvgIpc) is 2.90. The minimum absolute atomic E-state index is 0.0801. The lowest BCUT2D eigenvalue weighted by molar-refractivity contribution is -0.0538. The molecular weight excluding hydrogens is 403 g/mol. The highest BCUT2D eigenvalue weighted by molar-refractivity contribution is 7.87. The highest BCUT2D eigenvalue weighted by Crippen LogP contribution is 2.46. The standard InChI is InChI=1S/C14H11F5N2O5S/c1-21-6-4-8(9(5-6)26-27(23,24)14(17,18)19)10-7(12(21)22)2-3-20-11(10)25-13(15)16/h2-3,5-6,8,13H,4H2,1H3. The molecule has 0 radical (unpaired) electrons. The quantitative estimate of drug-likeness (QED) is 0.427. The van der Waals surface area contributed by atoms with Crippen LogP contribution in [-0.4, -0.2) is 49.4 Å². The third kappa shape index (κ3) is 3.31. The first kappa shape index (κ1) is 19.3. The van der Waals surface area contributed by atoms with Gasteiger partial charge in [-0.3, -0.25) is 4.79 Å². The van der Waals surface area contributed by atoms with Gasteiger partial charge in [0.2, 0.25) is 5.88 Å². The van der Waals surface area contributed by atoms with Gasteiger partial charge in [0.05, 0.1) is 17.5 Å². The Morgan fingerprint density at radius 2 is 2.00 bits per heavy atom. The number of likely N-dealkylation sites (N-methyl/N-ethyl adjacent to an activating group) is 1. The number of nitrogens with zero attached hydrogens (tertiary/aromatic N) is 2. The SMILES string of the molecule is CN1C(=O)c2ccnc(OC(F)F)c2C2CC1C=C2OS(=O)(=O)C(F)(F)F. The second-order valence-electron chi connectivity index (χ2n) is 5.78. The van der Waals surface area contributed by atoms with Crippen LogP contribution in [0.3, 0.4) is 0 Å². The Morgan fingerprint density at radius 1 is 1.33 bits per heavy atom. The van der Waals surface area contributed by atoms with Crippen LogP contribution in [0.1, 0.15) is 28.3 Å². The summed E-state index contributed by atoms with van der Waals surface area (Å²) in [6.45, 7) is -3.32. The van der Waals surface area contributed by atoms with Gasteiger partial charge >= 0.3 is 22.2 Å². The van der Waals surface area contributed by atoms with Crippen molar-refractivity contribution in [2.24, 2.45) is 0 Å². The fourth-order valence-electron chi connectivity index (χ4n) is 3.02. The predicted octanol–water partition coefficient (Wildman–Crippen LogP) is 2.37. The number of hydrogen-bond acceptors (Lipinski definition) is 6. The van der Waals surface area contributed by atoms with E-state index in [1.54, 1.807) is 0 Å². The molecule has 2 unspecified atom stereocenters. The van der Waals surface area contributed by atoms with E-state index in [0.717, 1.165) is 17.2 Å². The van der Waals surface area contributed by atoms with E-state index >= 15 is 0 Å². The van der Waals surface area contributed by atoms with Gasteiger partial charge < -0.3 is 13.8 Å². The molecule has 1 aliphatic heterocycles. The molecule has 7 nitrogen and oxygen atoms in total. The molecule has 2 aliphatic rings. The van der Waals surface area contributed by atoms with Crippen LogP contribution in [0, 0.1) is 0 Å². The first-order valence-corrected chi connectivity index (χ1v) is 8.76. The Kier molecular flexibility index (Phi) is 4.52. The molecule has 13 heteroatoms. The van der Waals surface area contributed by atoms with Gasteiger partial charge in [-0.1, -0.05) is 0 Å². The number of allylic oxidation sites excluding steroid dienone is 1. The van der Waals surface area contributed by atoms with Crippen LogP contribution in [0.15, 0.2) is 24.1 Å². The molecule has 1 aromatic heterocycles. The molecule has 3 rings (SSSR count). The van der Waals surface area contributed by atoms with Crippen molar-refractivity contribution in [3.63, 3.8) is 0 Å². The Labute approximate surface area is 149 Å². The number of halogens is 5. The van der Waals surface area contributed by atoms with Crippen LogP contribution >= 0.6 is 0 Å². The summed E-state index contributed by atoms with van der Waals surface area (Å²) in [6, 6.07) is 0.385. The van der Waals surface area contributed by atoms with Gasteiger partial charge in [0.25, 0.3) is 5.91 Å². The number of aromatic nitrogens is 1. The van der Waals surface area contributed by atoms with E-state index in [0.29, 0.717) is 0 Å². The third-order valence-electron chi connectivity index (χ3n) is 4.22. The van der Waals surface area contributed by atoms with Gasteiger partial charge in [0.1, 0.15) is 5.76 Å². The molecule has 148 valence electrons. The Hall–Kier alpha value is -2.44. The number of alkyl halides is 5. The van der Waals surface area contributed by atoms with Crippen molar-refractivity contribution >= 4 is 16.0 Å². The Bertz CT molecular complexity index is 915. The molecule has 0 aromatic carbocycles. The molecule has 2 heterocycles. The fraction of sp³-hybridized carbons (Fsp3) is 0.429. The number of carbonyl (C=O) groups excluding carboxylic acids is 1. The molecule has 27 heavy (non-hydrogen) atoms. The Balaban J connectivity index is 2.12. The van der Waals surface area contributed by atoms with Gasteiger partial charge in [0.15, 0.2) is 0 Å². The molecular formula is C14H11F5N2O5S. The average molecular weight is 414 g/mol.